The first-order chi connectivity index (χ1) is 10.5. The van der Waals surface area contributed by atoms with Crippen LogP contribution in [-0.2, 0) is 14.8 Å². The summed E-state index contributed by atoms with van der Waals surface area (Å²) >= 11 is 0. The van der Waals surface area contributed by atoms with Crippen LogP contribution in [0.1, 0.15) is 20.3 Å². The van der Waals surface area contributed by atoms with Gasteiger partial charge in [-0.1, -0.05) is 6.92 Å². The molecule has 0 spiro atoms. The number of morpholine rings is 1. The van der Waals surface area contributed by atoms with Gasteiger partial charge < -0.3 is 9.64 Å². The normalized spacial score (nSPS) is 27.3. The van der Waals surface area contributed by atoms with Gasteiger partial charge in [0.2, 0.25) is 10.0 Å². The highest BCUT2D eigenvalue weighted by Crippen LogP contribution is 2.28. The van der Waals surface area contributed by atoms with Gasteiger partial charge in [0.15, 0.2) is 0 Å². The minimum atomic E-state index is -3.45. The highest BCUT2D eigenvalue weighted by molar-refractivity contribution is 7.89. The van der Waals surface area contributed by atoms with Crippen LogP contribution in [0.25, 0.3) is 0 Å². The van der Waals surface area contributed by atoms with Gasteiger partial charge in [0.05, 0.1) is 13.2 Å². The van der Waals surface area contributed by atoms with Gasteiger partial charge in [0.1, 0.15) is 10.7 Å². The Morgan fingerprint density at radius 1 is 1.18 bits per heavy atom. The summed E-state index contributed by atoms with van der Waals surface area (Å²) in [5.41, 5.74) is 0. The van der Waals surface area contributed by atoms with Crippen molar-refractivity contribution in [1.29, 1.82) is 0 Å². The van der Waals surface area contributed by atoms with E-state index in [0.29, 0.717) is 38.3 Å². The van der Waals surface area contributed by atoms with Crippen molar-refractivity contribution in [2.45, 2.75) is 31.2 Å². The minimum absolute atomic E-state index is 0.262. The Kier molecular flexibility index (Phi) is 4.38. The van der Waals surface area contributed by atoms with Crippen LogP contribution < -0.4 is 4.90 Å². The van der Waals surface area contributed by atoms with Crippen molar-refractivity contribution < 1.29 is 13.2 Å². The van der Waals surface area contributed by atoms with Crippen molar-refractivity contribution in [2.75, 3.05) is 37.7 Å². The average Bonchev–Trinajstić information content (AvgIpc) is 2.88. The number of aromatic nitrogens is 1. The number of sulfonamides is 1. The molecule has 0 aromatic carbocycles. The van der Waals surface area contributed by atoms with Crippen LogP contribution in [0.4, 0.5) is 5.82 Å². The van der Waals surface area contributed by atoms with Gasteiger partial charge in [0.25, 0.3) is 0 Å². The van der Waals surface area contributed by atoms with Gasteiger partial charge in [0, 0.05) is 31.9 Å². The van der Waals surface area contributed by atoms with E-state index in [4.69, 9.17) is 4.74 Å². The molecule has 2 saturated heterocycles. The molecule has 2 fully saturated rings. The molecule has 2 atom stereocenters. The molecule has 1 aromatic heterocycles. The maximum Gasteiger partial charge on any atom is 0.244 e. The Bertz CT molecular complexity index is 611. The van der Waals surface area contributed by atoms with E-state index in [1.165, 1.54) is 10.5 Å². The topological polar surface area (TPSA) is 62.7 Å². The Morgan fingerprint density at radius 3 is 2.45 bits per heavy atom. The molecule has 0 saturated carbocycles. The molecular weight excluding hydrogens is 302 g/mol. The molecule has 7 heteroatoms. The summed E-state index contributed by atoms with van der Waals surface area (Å²) in [4.78, 5) is 6.90. The van der Waals surface area contributed by atoms with Gasteiger partial charge >= 0.3 is 0 Å². The van der Waals surface area contributed by atoms with Crippen molar-refractivity contribution >= 4 is 15.8 Å². The van der Waals surface area contributed by atoms with E-state index in [0.717, 1.165) is 18.8 Å². The number of anilines is 1. The Labute approximate surface area is 132 Å². The van der Waals surface area contributed by atoms with Gasteiger partial charge in [-0.25, -0.2) is 13.4 Å². The Hall–Kier alpha value is -1.18. The van der Waals surface area contributed by atoms with Crippen LogP contribution in [0.2, 0.25) is 0 Å². The molecule has 0 aliphatic carbocycles. The molecule has 0 N–H and O–H groups in total. The van der Waals surface area contributed by atoms with Crippen molar-refractivity contribution in [3.05, 3.63) is 18.3 Å². The Balaban J connectivity index is 1.79. The quantitative estimate of drug-likeness (QED) is 0.839. The number of ether oxygens (including phenoxy) is 1. The second kappa shape index (κ2) is 6.14. The molecule has 3 rings (SSSR count). The molecule has 2 unspecified atom stereocenters. The lowest BCUT2D eigenvalue weighted by atomic mass is 10.1. The number of hydrogen-bond acceptors (Lipinski definition) is 5. The van der Waals surface area contributed by atoms with E-state index in [2.05, 4.69) is 23.7 Å². The number of hydrogen-bond donors (Lipinski definition) is 0. The van der Waals surface area contributed by atoms with E-state index in [1.807, 2.05) is 6.07 Å². The molecule has 0 radical (unpaired) electrons. The van der Waals surface area contributed by atoms with Crippen molar-refractivity contribution in [3.8, 4) is 0 Å². The predicted molar refractivity (Wildman–Crippen MR) is 84.4 cm³/mol. The summed E-state index contributed by atoms with van der Waals surface area (Å²) < 4.78 is 31.8. The lowest BCUT2D eigenvalue weighted by Gasteiger charge is -2.27. The van der Waals surface area contributed by atoms with Crippen LogP contribution >= 0.6 is 0 Å². The van der Waals surface area contributed by atoms with Gasteiger partial charge in [-0.15, -0.1) is 0 Å². The van der Waals surface area contributed by atoms with Crippen LogP contribution in [0.15, 0.2) is 23.2 Å². The van der Waals surface area contributed by atoms with E-state index < -0.39 is 10.0 Å². The van der Waals surface area contributed by atoms with Crippen molar-refractivity contribution in [2.24, 2.45) is 5.92 Å². The zero-order valence-corrected chi connectivity index (χ0v) is 13.9. The molecule has 2 aliphatic heterocycles. The number of rotatable bonds is 3. The predicted octanol–water partition coefficient (Wildman–Crippen LogP) is 1.34. The average molecular weight is 325 g/mol. The molecule has 122 valence electrons. The number of nitrogens with zero attached hydrogens (tertiary/aromatic N) is 3. The van der Waals surface area contributed by atoms with Gasteiger partial charge in [-0.2, -0.15) is 4.31 Å². The summed E-state index contributed by atoms with van der Waals surface area (Å²) in [6, 6.07) is 3.93. The maximum absolute atomic E-state index is 12.6. The largest absolute Gasteiger partial charge is 0.379 e. The molecule has 2 aliphatic rings. The summed E-state index contributed by atoms with van der Waals surface area (Å²) in [6.45, 7) is 7.13. The fraction of sp³-hybridized carbons (Fsp3) is 0.667. The van der Waals surface area contributed by atoms with E-state index in [-0.39, 0.29) is 4.90 Å². The van der Waals surface area contributed by atoms with E-state index >= 15 is 0 Å². The van der Waals surface area contributed by atoms with Crippen LogP contribution in [0.3, 0.4) is 0 Å². The van der Waals surface area contributed by atoms with Crippen LogP contribution in [0, 0.1) is 5.92 Å². The zero-order chi connectivity index (χ0) is 15.7. The molecule has 3 heterocycles. The summed E-state index contributed by atoms with van der Waals surface area (Å²) in [7, 11) is -3.45. The van der Waals surface area contributed by atoms with Crippen LogP contribution in [0.5, 0.6) is 0 Å². The maximum atomic E-state index is 12.6. The van der Waals surface area contributed by atoms with Gasteiger partial charge in [-0.05, 0) is 31.4 Å². The molecule has 22 heavy (non-hydrogen) atoms. The zero-order valence-electron chi connectivity index (χ0n) is 13.1. The molecule has 1 aromatic rings. The highest BCUT2D eigenvalue weighted by atomic mass is 32.2. The van der Waals surface area contributed by atoms with Crippen molar-refractivity contribution in [1.82, 2.24) is 9.29 Å². The molecule has 6 nitrogen and oxygen atoms in total. The number of pyridine rings is 1. The standard InChI is InChI=1S/C15H23N3O3S/c1-12-5-6-18(13(12)2)15-4-3-14(11-16-15)22(19,20)17-7-9-21-10-8-17/h3-4,11-13H,5-10H2,1-2H3. The SMILES string of the molecule is CC1CCN(c2ccc(S(=O)(=O)N3CCOCC3)cn2)C1C. The van der Waals surface area contributed by atoms with Crippen LogP contribution in [-0.4, -0.2) is 56.6 Å². The third-order valence-corrected chi connectivity index (χ3v) is 6.65. The first-order valence-corrected chi connectivity index (χ1v) is 9.25. The fourth-order valence-electron chi connectivity index (χ4n) is 3.05. The fourth-order valence-corrected chi connectivity index (χ4v) is 4.40. The Morgan fingerprint density at radius 2 is 1.91 bits per heavy atom. The first kappa shape index (κ1) is 15.7. The highest BCUT2D eigenvalue weighted by Gasteiger charge is 2.30. The first-order valence-electron chi connectivity index (χ1n) is 7.81. The molecule has 0 bridgehead atoms. The summed E-state index contributed by atoms with van der Waals surface area (Å²) in [5, 5.41) is 0. The second-order valence-electron chi connectivity index (χ2n) is 6.07. The summed E-state index contributed by atoms with van der Waals surface area (Å²) in [6.07, 6.45) is 2.63. The minimum Gasteiger partial charge on any atom is -0.379 e. The third-order valence-electron chi connectivity index (χ3n) is 4.76. The van der Waals surface area contributed by atoms with Gasteiger partial charge in [-0.3, -0.25) is 0 Å². The molecule has 0 amide bonds. The van der Waals surface area contributed by atoms with Crippen molar-refractivity contribution in [3.63, 3.8) is 0 Å². The lowest BCUT2D eigenvalue weighted by Crippen LogP contribution is -2.40. The monoisotopic (exact) mass is 325 g/mol. The van der Waals surface area contributed by atoms with E-state index in [1.54, 1.807) is 6.07 Å². The molecular formula is C15H23N3O3S. The lowest BCUT2D eigenvalue weighted by molar-refractivity contribution is 0.0730. The summed E-state index contributed by atoms with van der Waals surface area (Å²) in [5.74, 6) is 1.50. The third kappa shape index (κ3) is 2.85. The smallest absolute Gasteiger partial charge is 0.244 e. The van der Waals surface area contributed by atoms with E-state index in [9.17, 15) is 8.42 Å². The second-order valence-corrected chi connectivity index (χ2v) is 8.01.